The van der Waals surface area contributed by atoms with Crippen molar-refractivity contribution in [3.05, 3.63) is 55.3 Å². The van der Waals surface area contributed by atoms with Crippen LogP contribution in [0.4, 0.5) is 0 Å². The number of carbonyl (C=O) groups excluding carboxylic acids is 1. The Morgan fingerprint density at radius 2 is 2.28 bits per heavy atom. The number of aromatic amines is 1. The third kappa shape index (κ3) is 3.58. The van der Waals surface area contributed by atoms with Crippen molar-refractivity contribution in [2.75, 3.05) is 5.75 Å². The Bertz CT molecular complexity index is 1320. The van der Waals surface area contributed by atoms with E-state index in [2.05, 4.69) is 32.8 Å². The summed E-state index contributed by atoms with van der Waals surface area (Å²) in [5.74, 6) is 0.974. The first-order valence-electron chi connectivity index (χ1n) is 9.37. The van der Waals surface area contributed by atoms with Gasteiger partial charge in [-0.3, -0.25) is 9.59 Å². The van der Waals surface area contributed by atoms with Crippen LogP contribution in [0.3, 0.4) is 0 Å². The highest BCUT2D eigenvalue weighted by Gasteiger charge is 2.23. The van der Waals surface area contributed by atoms with Gasteiger partial charge in [-0.25, -0.2) is 4.98 Å². The molecule has 1 N–H and O–H groups in total. The minimum absolute atomic E-state index is 0.106. The molecule has 0 saturated carbocycles. The van der Waals surface area contributed by atoms with Crippen LogP contribution in [0.5, 0.6) is 0 Å². The van der Waals surface area contributed by atoms with E-state index in [1.54, 1.807) is 17.4 Å². The molecule has 1 unspecified atom stereocenters. The van der Waals surface area contributed by atoms with Crippen LogP contribution in [0.15, 0.2) is 43.1 Å². The van der Waals surface area contributed by atoms with Crippen molar-refractivity contribution >= 4 is 66.0 Å². The zero-order chi connectivity index (χ0) is 20.1. The molecule has 0 aliphatic heterocycles. The first-order valence-corrected chi connectivity index (χ1v) is 12.0. The Hall–Kier alpha value is -1.90. The smallest absolute Gasteiger partial charge is 0.260 e. The third-order valence-corrected chi connectivity index (χ3v) is 7.75. The molecule has 0 spiro atoms. The van der Waals surface area contributed by atoms with E-state index in [9.17, 15) is 9.59 Å². The van der Waals surface area contributed by atoms with E-state index in [0.717, 1.165) is 44.9 Å². The first-order chi connectivity index (χ1) is 14.0. The number of aryl methyl sites for hydroxylation is 1. The Morgan fingerprint density at radius 1 is 1.41 bits per heavy atom. The molecular weight excluding hydrogens is 472 g/mol. The van der Waals surface area contributed by atoms with Crippen molar-refractivity contribution in [1.29, 1.82) is 0 Å². The summed E-state index contributed by atoms with van der Waals surface area (Å²) in [6, 6.07) is 7.36. The lowest BCUT2D eigenvalue weighted by atomic mass is 9.89. The molecule has 1 aromatic carbocycles. The number of thioether (sulfide) groups is 1. The second-order valence-electron chi connectivity index (χ2n) is 7.41. The molecule has 0 saturated heterocycles. The highest BCUT2D eigenvalue weighted by Crippen LogP contribution is 2.36. The van der Waals surface area contributed by atoms with Crippen molar-refractivity contribution in [1.82, 2.24) is 9.97 Å². The van der Waals surface area contributed by atoms with Gasteiger partial charge < -0.3 is 9.40 Å². The molecular formula is C21H17BrN2O3S2. The Labute approximate surface area is 183 Å². The maximum Gasteiger partial charge on any atom is 0.260 e. The fourth-order valence-corrected chi connectivity index (χ4v) is 6.30. The van der Waals surface area contributed by atoms with Gasteiger partial charge in [0.1, 0.15) is 10.4 Å². The topological polar surface area (TPSA) is 76.0 Å². The summed E-state index contributed by atoms with van der Waals surface area (Å²) in [5, 5.41) is 2.08. The summed E-state index contributed by atoms with van der Waals surface area (Å²) < 4.78 is 6.59. The molecule has 0 radical (unpaired) electrons. The lowest BCUT2D eigenvalue weighted by Crippen LogP contribution is -2.13. The molecule has 8 heteroatoms. The van der Waals surface area contributed by atoms with Crippen LogP contribution in [0.25, 0.3) is 21.2 Å². The fraction of sp³-hybridized carbons (Fsp3) is 0.286. The molecule has 1 aliphatic carbocycles. The number of rotatable bonds is 4. The van der Waals surface area contributed by atoms with Crippen LogP contribution in [0, 0.1) is 5.92 Å². The van der Waals surface area contributed by atoms with Gasteiger partial charge in [-0.1, -0.05) is 34.6 Å². The van der Waals surface area contributed by atoms with Crippen LogP contribution in [-0.4, -0.2) is 21.5 Å². The highest BCUT2D eigenvalue weighted by atomic mass is 79.9. The molecule has 148 valence electrons. The molecule has 1 aliphatic rings. The molecule has 5 rings (SSSR count). The third-order valence-electron chi connectivity index (χ3n) is 5.24. The molecule has 0 bridgehead atoms. The summed E-state index contributed by atoms with van der Waals surface area (Å²) in [7, 11) is 0. The number of nitrogens with one attached hydrogen (secondary N) is 1. The molecule has 29 heavy (non-hydrogen) atoms. The zero-order valence-corrected chi connectivity index (χ0v) is 18.8. The molecule has 5 nitrogen and oxygen atoms in total. The van der Waals surface area contributed by atoms with Crippen LogP contribution < -0.4 is 5.56 Å². The molecule has 0 amide bonds. The zero-order valence-electron chi connectivity index (χ0n) is 15.6. The molecule has 3 heterocycles. The van der Waals surface area contributed by atoms with Crippen LogP contribution >= 0.6 is 39.0 Å². The van der Waals surface area contributed by atoms with Gasteiger partial charge in [0.2, 0.25) is 5.78 Å². The first kappa shape index (κ1) is 19.1. The van der Waals surface area contributed by atoms with Gasteiger partial charge in [0.25, 0.3) is 5.56 Å². The minimum Gasteiger partial charge on any atom is -0.453 e. The average Bonchev–Trinajstić information content (AvgIpc) is 3.26. The maximum atomic E-state index is 12.7. The van der Waals surface area contributed by atoms with Crippen molar-refractivity contribution in [2.24, 2.45) is 5.92 Å². The number of hydrogen-bond acceptors (Lipinski definition) is 6. The van der Waals surface area contributed by atoms with Gasteiger partial charge in [0, 0.05) is 14.7 Å². The minimum atomic E-state index is -0.135. The fourth-order valence-electron chi connectivity index (χ4n) is 3.75. The van der Waals surface area contributed by atoms with Gasteiger partial charge in [0.05, 0.1) is 11.1 Å². The Balaban J connectivity index is 1.38. The summed E-state index contributed by atoms with van der Waals surface area (Å²) >= 11 is 6.27. The standard InChI is InChI=1S/C21H17BrN2O3S2/c1-10-2-4-13-17(6-10)29-20-18(13)19(26)23-21(24-20)28-9-14(25)16-8-11-7-12(22)3-5-15(11)27-16/h3,5,7-8,10H,2,4,6,9H2,1H3,(H,23,24,26). The largest absolute Gasteiger partial charge is 0.453 e. The Kier molecular flexibility index (Phi) is 4.88. The van der Waals surface area contributed by atoms with Gasteiger partial charge in [-0.05, 0) is 55.0 Å². The van der Waals surface area contributed by atoms with E-state index in [4.69, 9.17) is 4.42 Å². The number of aromatic nitrogens is 2. The van der Waals surface area contributed by atoms with Crippen LogP contribution in [-0.2, 0) is 12.8 Å². The van der Waals surface area contributed by atoms with Crippen molar-refractivity contribution in [2.45, 2.75) is 31.3 Å². The lowest BCUT2D eigenvalue weighted by Gasteiger charge is -2.17. The van der Waals surface area contributed by atoms with E-state index in [0.29, 0.717) is 22.4 Å². The number of halogens is 1. The highest BCUT2D eigenvalue weighted by molar-refractivity contribution is 9.10. The number of benzene rings is 1. The van der Waals surface area contributed by atoms with E-state index in [1.807, 2.05) is 18.2 Å². The van der Waals surface area contributed by atoms with Crippen LogP contribution in [0.2, 0.25) is 0 Å². The van der Waals surface area contributed by atoms with Gasteiger partial charge in [-0.15, -0.1) is 11.3 Å². The molecule has 4 aromatic rings. The number of H-pyrrole nitrogens is 1. The molecule has 1 atom stereocenters. The quantitative estimate of drug-likeness (QED) is 0.230. The van der Waals surface area contributed by atoms with Crippen LogP contribution in [0.1, 0.15) is 34.3 Å². The predicted molar refractivity (Wildman–Crippen MR) is 120 cm³/mol. The average molecular weight is 489 g/mol. The van der Waals surface area contributed by atoms with Crippen molar-refractivity contribution in [3.8, 4) is 0 Å². The van der Waals surface area contributed by atoms with E-state index >= 15 is 0 Å². The molecule has 0 fully saturated rings. The lowest BCUT2D eigenvalue weighted by molar-refractivity contribution is 0.0994. The number of carbonyl (C=O) groups is 1. The summed E-state index contributed by atoms with van der Waals surface area (Å²) in [6.07, 6.45) is 3.06. The van der Waals surface area contributed by atoms with Gasteiger partial charge in [0.15, 0.2) is 10.9 Å². The number of nitrogens with zero attached hydrogens (tertiary/aromatic N) is 1. The van der Waals surface area contributed by atoms with E-state index in [-0.39, 0.29) is 17.1 Å². The number of fused-ring (bicyclic) bond motifs is 4. The predicted octanol–water partition coefficient (Wildman–Crippen LogP) is 5.59. The van der Waals surface area contributed by atoms with Crippen molar-refractivity contribution < 1.29 is 9.21 Å². The summed E-state index contributed by atoms with van der Waals surface area (Å²) in [5.41, 5.74) is 1.73. The SMILES string of the molecule is CC1CCc2c(sc3nc(SCC(=O)c4cc5cc(Br)ccc5o4)[nH]c(=O)c23)C1. The number of hydrogen-bond donors (Lipinski definition) is 1. The molecule has 3 aromatic heterocycles. The van der Waals surface area contributed by atoms with E-state index < -0.39 is 0 Å². The normalized spacial score (nSPS) is 16.4. The Morgan fingerprint density at radius 3 is 3.14 bits per heavy atom. The summed E-state index contributed by atoms with van der Waals surface area (Å²) in [4.78, 5) is 34.8. The van der Waals surface area contributed by atoms with E-state index in [1.165, 1.54) is 16.6 Å². The van der Waals surface area contributed by atoms with Gasteiger partial charge in [-0.2, -0.15) is 0 Å². The number of ketones is 1. The number of thiophene rings is 1. The number of Topliss-reactive ketones (excluding diaryl/α,β-unsaturated/α-hetero) is 1. The number of furan rings is 1. The van der Waals surface area contributed by atoms with Gasteiger partial charge >= 0.3 is 0 Å². The maximum absolute atomic E-state index is 12.7. The van der Waals surface area contributed by atoms with Crippen molar-refractivity contribution in [3.63, 3.8) is 0 Å². The second kappa shape index (κ2) is 7.41. The monoisotopic (exact) mass is 488 g/mol. The summed E-state index contributed by atoms with van der Waals surface area (Å²) in [6.45, 7) is 2.24. The second-order valence-corrected chi connectivity index (χ2v) is 10.4.